The molecule has 6 nitrogen and oxygen atoms in total. The van der Waals surface area contributed by atoms with Gasteiger partial charge in [0, 0.05) is 33.2 Å². The Morgan fingerprint density at radius 2 is 1.83 bits per heavy atom. The van der Waals surface area contributed by atoms with Crippen LogP contribution >= 0.6 is 24.0 Å². The lowest BCUT2D eigenvalue weighted by molar-refractivity contribution is 0.0389. The summed E-state index contributed by atoms with van der Waals surface area (Å²) in [5, 5.41) is 6.58. The minimum atomic E-state index is 0. The first-order valence-corrected chi connectivity index (χ1v) is 8.22. The standard InChI is InChI=1S/C17H28N4O2.HI/c1-15-3-5-16(6-4-15)23-12-8-20-17(18-2)19-7-9-21-10-13-22-14-11-21;/h3-6H,7-14H2,1-2H3,(H2,18,19,20);1H. The van der Waals surface area contributed by atoms with Crippen LogP contribution in [0.5, 0.6) is 5.75 Å². The average molecular weight is 448 g/mol. The van der Waals surface area contributed by atoms with Crippen molar-refractivity contribution in [1.29, 1.82) is 0 Å². The molecule has 2 N–H and O–H groups in total. The zero-order valence-corrected chi connectivity index (χ0v) is 16.9. The van der Waals surface area contributed by atoms with Gasteiger partial charge in [-0.25, -0.2) is 0 Å². The maximum atomic E-state index is 5.69. The minimum absolute atomic E-state index is 0. The van der Waals surface area contributed by atoms with Crippen molar-refractivity contribution in [3.8, 4) is 5.75 Å². The lowest BCUT2D eigenvalue weighted by atomic mass is 10.2. The molecular formula is C17H29IN4O2. The van der Waals surface area contributed by atoms with Crippen molar-refractivity contribution in [2.45, 2.75) is 6.92 Å². The molecule has 0 aromatic heterocycles. The second kappa shape index (κ2) is 12.3. The van der Waals surface area contributed by atoms with Gasteiger partial charge >= 0.3 is 0 Å². The van der Waals surface area contributed by atoms with Gasteiger partial charge in [-0.3, -0.25) is 9.89 Å². The van der Waals surface area contributed by atoms with Gasteiger partial charge in [-0.05, 0) is 19.1 Å². The summed E-state index contributed by atoms with van der Waals surface area (Å²) in [4.78, 5) is 6.62. The molecule has 2 rings (SSSR count). The van der Waals surface area contributed by atoms with Crippen molar-refractivity contribution in [3.63, 3.8) is 0 Å². The smallest absolute Gasteiger partial charge is 0.191 e. The minimum Gasteiger partial charge on any atom is -0.492 e. The van der Waals surface area contributed by atoms with Crippen LogP contribution in [0.15, 0.2) is 29.3 Å². The summed E-state index contributed by atoms with van der Waals surface area (Å²) in [6.07, 6.45) is 0. The maximum Gasteiger partial charge on any atom is 0.191 e. The summed E-state index contributed by atoms with van der Waals surface area (Å²) < 4.78 is 11.0. The van der Waals surface area contributed by atoms with E-state index in [1.807, 2.05) is 12.1 Å². The number of guanidine groups is 1. The van der Waals surface area contributed by atoms with E-state index in [2.05, 4.69) is 39.6 Å². The Morgan fingerprint density at radius 3 is 2.50 bits per heavy atom. The highest BCUT2D eigenvalue weighted by atomic mass is 127. The Bertz CT molecular complexity index is 476. The summed E-state index contributed by atoms with van der Waals surface area (Å²) in [7, 11) is 1.78. The van der Waals surface area contributed by atoms with Crippen molar-refractivity contribution >= 4 is 29.9 Å². The van der Waals surface area contributed by atoms with Crippen LogP contribution in [0.2, 0.25) is 0 Å². The van der Waals surface area contributed by atoms with Crippen LogP contribution in [0, 0.1) is 6.92 Å². The molecule has 0 spiro atoms. The number of morpholine rings is 1. The molecule has 0 aliphatic carbocycles. The summed E-state index contributed by atoms with van der Waals surface area (Å²) >= 11 is 0. The zero-order valence-electron chi connectivity index (χ0n) is 14.6. The van der Waals surface area contributed by atoms with E-state index in [-0.39, 0.29) is 24.0 Å². The Kier molecular flexibility index (Phi) is 10.8. The second-order valence-electron chi connectivity index (χ2n) is 5.54. The van der Waals surface area contributed by atoms with Gasteiger partial charge in [-0.2, -0.15) is 0 Å². The van der Waals surface area contributed by atoms with Gasteiger partial charge in [-0.15, -0.1) is 24.0 Å². The summed E-state index contributed by atoms with van der Waals surface area (Å²) in [6, 6.07) is 8.08. The number of halogens is 1. The predicted molar refractivity (Wildman–Crippen MR) is 109 cm³/mol. The van der Waals surface area contributed by atoms with Crippen molar-refractivity contribution in [2.75, 3.05) is 59.6 Å². The molecule has 0 atom stereocenters. The summed E-state index contributed by atoms with van der Waals surface area (Å²) in [5.74, 6) is 1.71. The van der Waals surface area contributed by atoms with Crippen LogP contribution in [0.25, 0.3) is 0 Å². The number of rotatable bonds is 7. The maximum absolute atomic E-state index is 5.69. The zero-order chi connectivity index (χ0) is 16.3. The molecule has 1 fully saturated rings. The lowest BCUT2D eigenvalue weighted by Gasteiger charge is -2.26. The van der Waals surface area contributed by atoms with Gasteiger partial charge < -0.3 is 20.1 Å². The van der Waals surface area contributed by atoms with E-state index in [9.17, 15) is 0 Å². The Hall–Kier alpha value is -1.06. The van der Waals surface area contributed by atoms with E-state index in [0.717, 1.165) is 51.1 Å². The number of aliphatic imine (C=N–C) groups is 1. The number of aryl methyl sites for hydroxylation is 1. The normalized spacial score (nSPS) is 15.5. The van der Waals surface area contributed by atoms with E-state index in [0.29, 0.717) is 13.2 Å². The Balaban J connectivity index is 0.00000288. The molecule has 7 heteroatoms. The molecule has 0 radical (unpaired) electrons. The van der Waals surface area contributed by atoms with E-state index in [4.69, 9.17) is 9.47 Å². The monoisotopic (exact) mass is 448 g/mol. The Labute approximate surface area is 162 Å². The van der Waals surface area contributed by atoms with Crippen molar-refractivity contribution in [1.82, 2.24) is 15.5 Å². The topological polar surface area (TPSA) is 58.1 Å². The highest BCUT2D eigenvalue weighted by molar-refractivity contribution is 14.0. The molecule has 0 unspecified atom stereocenters. The highest BCUT2D eigenvalue weighted by Crippen LogP contribution is 2.10. The Morgan fingerprint density at radius 1 is 1.17 bits per heavy atom. The van der Waals surface area contributed by atoms with Crippen LogP contribution in [0.1, 0.15) is 5.56 Å². The number of hydrogen-bond acceptors (Lipinski definition) is 4. The van der Waals surface area contributed by atoms with Gasteiger partial charge in [0.2, 0.25) is 0 Å². The number of nitrogens with zero attached hydrogens (tertiary/aromatic N) is 2. The first-order chi connectivity index (χ1) is 11.3. The largest absolute Gasteiger partial charge is 0.492 e. The summed E-state index contributed by atoms with van der Waals surface area (Å²) in [5.41, 5.74) is 1.24. The highest BCUT2D eigenvalue weighted by Gasteiger charge is 2.09. The van der Waals surface area contributed by atoms with Gasteiger partial charge in [0.25, 0.3) is 0 Å². The van der Waals surface area contributed by atoms with Crippen LogP contribution in [-0.2, 0) is 4.74 Å². The van der Waals surface area contributed by atoms with E-state index < -0.39 is 0 Å². The first kappa shape index (κ1) is 21.0. The fourth-order valence-corrected chi connectivity index (χ4v) is 2.35. The quantitative estimate of drug-likeness (QED) is 0.287. The lowest BCUT2D eigenvalue weighted by Crippen LogP contribution is -2.45. The number of ether oxygens (including phenoxy) is 2. The third-order valence-corrected chi connectivity index (χ3v) is 3.73. The van der Waals surface area contributed by atoms with Gasteiger partial charge in [0.05, 0.1) is 19.8 Å². The molecule has 0 amide bonds. The van der Waals surface area contributed by atoms with Gasteiger partial charge in [0.15, 0.2) is 5.96 Å². The number of hydrogen-bond donors (Lipinski definition) is 2. The fourth-order valence-electron chi connectivity index (χ4n) is 2.35. The molecule has 1 saturated heterocycles. The first-order valence-electron chi connectivity index (χ1n) is 8.22. The molecule has 0 saturated carbocycles. The molecular weight excluding hydrogens is 419 g/mol. The average Bonchev–Trinajstić information content (AvgIpc) is 2.59. The van der Waals surface area contributed by atoms with Crippen molar-refractivity contribution < 1.29 is 9.47 Å². The van der Waals surface area contributed by atoms with Crippen LogP contribution in [0.4, 0.5) is 0 Å². The third kappa shape index (κ3) is 8.16. The van der Waals surface area contributed by atoms with Gasteiger partial charge in [-0.1, -0.05) is 17.7 Å². The molecule has 1 heterocycles. The van der Waals surface area contributed by atoms with Crippen LogP contribution in [0.3, 0.4) is 0 Å². The predicted octanol–water partition coefficient (Wildman–Crippen LogP) is 1.49. The van der Waals surface area contributed by atoms with Crippen molar-refractivity contribution in [2.24, 2.45) is 4.99 Å². The molecule has 1 aliphatic rings. The van der Waals surface area contributed by atoms with E-state index in [1.165, 1.54) is 5.56 Å². The van der Waals surface area contributed by atoms with Crippen molar-refractivity contribution in [3.05, 3.63) is 29.8 Å². The number of benzene rings is 1. The van der Waals surface area contributed by atoms with Crippen LogP contribution < -0.4 is 15.4 Å². The molecule has 24 heavy (non-hydrogen) atoms. The molecule has 136 valence electrons. The SMILES string of the molecule is CN=C(NCCOc1ccc(C)cc1)NCCN1CCOCC1.I. The van der Waals surface area contributed by atoms with Gasteiger partial charge in [0.1, 0.15) is 12.4 Å². The molecule has 1 aromatic rings. The second-order valence-corrected chi connectivity index (χ2v) is 5.54. The molecule has 1 aromatic carbocycles. The fraction of sp³-hybridized carbons (Fsp3) is 0.588. The molecule has 0 bridgehead atoms. The van der Waals surface area contributed by atoms with E-state index >= 15 is 0 Å². The number of nitrogens with one attached hydrogen (secondary N) is 2. The van der Waals surface area contributed by atoms with E-state index in [1.54, 1.807) is 7.05 Å². The summed E-state index contributed by atoms with van der Waals surface area (Å²) in [6.45, 7) is 8.96. The van der Waals surface area contributed by atoms with Crippen LogP contribution in [-0.4, -0.2) is 70.5 Å². The third-order valence-electron chi connectivity index (χ3n) is 3.73. The molecule has 1 aliphatic heterocycles.